The molecule has 0 saturated carbocycles. The maximum Gasteiger partial charge on any atom is 0.136 e. The number of fused-ring (bicyclic) bond motifs is 9. The molecule has 0 bridgehead atoms. The third-order valence-corrected chi connectivity index (χ3v) is 10.3. The Labute approximate surface area is 361 Å². The predicted molar refractivity (Wildman–Crippen MR) is 241 cm³/mol. The SMILES string of the molecule is [2H]c1c(C)c(-c2c([2H])c(C)c([2H])c3oc4c([2H])c5c([2H])c([2H])c([2H])c([2H])c5c(C)c4c23)c(C)c([2H])c1-c1c2c([2H])c([2H])c([2H])c([2H])c2c(-c2c([2H])c3c([2H])c([2H])c([2H])c([2H])c3c3c([2H])c([2H])c([2H])c([2H])c23)c2c([2H])c(C)c([2H])c([2H])c12. The zero-order valence-electron chi connectivity index (χ0n) is 55.4. The van der Waals surface area contributed by atoms with E-state index in [0.717, 1.165) is 0 Å². The maximum absolute atomic E-state index is 10.2. The van der Waals surface area contributed by atoms with Crippen molar-refractivity contribution >= 4 is 75.8 Å². The molecule has 0 aliphatic heterocycles. The van der Waals surface area contributed by atoms with E-state index in [9.17, 15) is 17.8 Å². The van der Waals surface area contributed by atoms with E-state index in [-0.39, 0.29) is 83.7 Å². The van der Waals surface area contributed by atoms with Crippen LogP contribution in [0.4, 0.5) is 0 Å². The molecule has 0 radical (unpaired) electrons. The highest BCUT2D eigenvalue weighted by Crippen LogP contribution is 2.49. The lowest BCUT2D eigenvalue weighted by Crippen LogP contribution is -1.96. The summed E-state index contributed by atoms with van der Waals surface area (Å²) in [7, 11) is 0. The van der Waals surface area contributed by atoms with E-state index in [4.69, 9.17) is 20.9 Å². The molecule has 0 N–H and O–H groups in total. The molecule has 0 atom stereocenters. The van der Waals surface area contributed by atoms with Crippen LogP contribution in [-0.2, 0) is 0 Å². The summed E-state index contributed by atoms with van der Waals surface area (Å²) in [5, 5.41) is -4.02. The largest absolute Gasteiger partial charge is 0.456 e. The van der Waals surface area contributed by atoms with Crippen molar-refractivity contribution in [1.82, 2.24) is 0 Å². The van der Waals surface area contributed by atoms with E-state index in [1.807, 2.05) is 0 Å². The summed E-state index contributed by atoms with van der Waals surface area (Å²) >= 11 is 0. The van der Waals surface area contributed by atoms with Gasteiger partial charge in [0.05, 0.1) is 34.3 Å². The minimum Gasteiger partial charge on any atom is -0.456 e. The van der Waals surface area contributed by atoms with Crippen molar-refractivity contribution in [2.24, 2.45) is 0 Å². The van der Waals surface area contributed by atoms with Gasteiger partial charge in [0.25, 0.3) is 0 Å². The summed E-state index contributed by atoms with van der Waals surface area (Å²) in [4.78, 5) is 0. The Hall–Kier alpha value is -6.70. The van der Waals surface area contributed by atoms with Gasteiger partial charge in [-0.15, -0.1) is 0 Å². The van der Waals surface area contributed by atoms with E-state index >= 15 is 0 Å². The molecule has 1 heterocycles. The van der Waals surface area contributed by atoms with Crippen LogP contribution in [0.1, 0.15) is 62.1 Å². The lowest BCUT2D eigenvalue weighted by Gasteiger charge is -2.21. The smallest absolute Gasteiger partial charge is 0.136 e. The fourth-order valence-corrected chi connectivity index (χ4v) is 8.05. The maximum atomic E-state index is 10.2. The lowest BCUT2D eigenvalue weighted by molar-refractivity contribution is 0.669. The van der Waals surface area contributed by atoms with Gasteiger partial charge in [-0.25, -0.2) is 0 Å². The van der Waals surface area contributed by atoms with Crippen LogP contribution >= 0.6 is 0 Å². The van der Waals surface area contributed by atoms with E-state index in [2.05, 4.69) is 0 Å². The molecule has 0 saturated heterocycles. The first-order valence-electron chi connectivity index (χ1n) is 30.2. The van der Waals surface area contributed by atoms with Gasteiger partial charge in [0, 0.05) is 10.8 Å². The summed E-state index contributed by atoms with van der Waals surface area (Å²) < 4.78 is 237. The third kappa shape index (κ3) is 4.74. The quantitative estimate of drug-likeness (QED) is 0.130. The molecular weight excluding hydrogens is 677 g/mol. The van der Waals surface area contributed by atoms with Crippen molar-refractivity contribution < 1.29 is 38.7 Å². The van der Waals surface area contributed by atoms with E-state index in [0.29, 0.717) is 0 Å². The summed E-state index contributed by atoms with van der Waals surface area (Å²) in [6.07, 6.45) is 0. The van der Waals surface area contributed by atoms with Crippen molar-refractivity contribution in [3.8, 4) is 33.4 Å². The second-order valence-electron chi connectivity index (χ2n) is 13.8. The van der Waals surface area contributed by atoms with Gasteiger partial charge in [-0.2, -0.15) is 0 Å². The monoisotopic (exact) mass is 741 g/mol. The lowest BCUT2D eigenvalue weighted by atomic mass is 9.82. The molecule has 1 nitrogen and oxygen atoms in total. The van der Waals surface area contributed by atoms with Crippen LogP contribution in [-0.4, -0.2) is 0 Å². The number of hydrogen-bond acceptors (Lipinski definition) is 1. The Morgan fingerprint density at radius 1 is 0.375 bits per heavy atom. The first-order valence-corrected chi connectivity index (χ1v) is 17.7. The van der Waals surface area contributed by atoms with E-state index < -0.39 is 204 Å². The van der Waals surface area contributed by atoms with Crippen molar-refractivity contribution in [2.45, 2.75) is 34.6 Å². The summed E-state index contributed by atoms with van der Waals surface area (Å²) in [5.74, 6) is 0. The fourth-order valence-electron chi connectivity index (χ4n) is 8.05. The minimum atomic E-state index is -0.882. The first kappa shape index (κ1) is 16.2. The Bertz CT molecular complexity index is 4810. The van der Waals surface area contributed by atoms with Crippen molar-refractivity contribution in [2.75, 3.05) is 0 Å². The molecule has 10 aromatic carbocycles. The average molecular weight is 742 g/mol. The summed E-state index contributed by atoms with van der Waals surface area (Å²) in [6.45, 7) is 7.27. The molecule has 1 heteroatoms. The number of furan rings is 1. The molecular formula is C55H40O. The third-order valence-electron chi connectivity index (χ3n) is 10.3. The van der Waals surface area contributed by atoms with E-state index in [1.54, 1.807) is 6.92 Å². The highest BCUT2D eigenvalue weighted by atomic mass is 16.3. The predicted octanol–water partition coefficient (Wildman–Crippen LogP) is 15.9. The van der Waals surface area contributed by atoms with Gasteiger partial charge < -0.3 is 4.42 Å². The van der Waals surface area contributed by atoms with Gasteiger partial charge >= 0.3 is 0 Å². The van der Waals surface area contributed by atoms with Crippen LogP contribution in [0.2, 0.25) is 0 Å². The van der Waals surface area contributed by atoms with Gasteiger partial charge in [-0.3, -0.25) is 0 Å². The van der Waals surface area contributed by atoms with Gasteiger partial charge in [-0.05, 0) is 162 Å². The summed E-state index contributed by atoms with van der Waals surface area (Å²) in [6, 6.07) is -16.8. The molecule has 11 rings (SSSR count). The number of aryl methyl sites for hydroxylation is 1. The van der Waals surface area contributed by atoms with Crippen LogP contribution in [0.25, 0.3) is 109 Å². The zero-order chi connectivity index (χ0) is 59.6. The Morgan fingerprint density at radius 3 is 1.68 bits per heavy atom. The fraction of sp³-hybridized carbons (Fsp3) is 0.0909. The molecule has 266 valence electrons. The van der Waals surface area contributed by atoms with Crippen LogP contribution in [0, 0.1) is 34.6 Å². The second-order valence-corrected chi connectivity index (χ2v) is 13.8. The van der Waals surface area contributed by atoms with Crippen molar-refractivity contribution in [1.29, 1.82) is 0 Å². The normalized spacial score (nSPS) is 18.3. The van der Waals surface area contributed by atoms with Crippen LogP contribution < -0.4 is 0 Å². The van der Waals surface area contributed by atoms with Gasteiger partial charge in [0.15, 0.2) is 0 Å². The highest BCUT2D eigenvalue weighted by Gasteiger charge is 2.23. The second kappa shape index (κ2) is 12.2. The molecule has 0 fully saturated rings. The minimum absolute atomic E-state index is 0.00264. The average Bonchev–Trinajstić information content (AvgIpc) is 2.15. The van der Waals surface area contributed by atoms with Crippen LogP contribution in [0.3, 0.4) is 0 Å². The summed E-state index contributed by atoms with van der Waals surface area (Å²) in [5.41, 5.74) is -2.04. The number of benzene rings is 10. The molecule has 56 heavy (non-hydrogen) atoms. The van der Waals surface area contributed by atoms with Gasteiger partial charge in [0.1, 0.15) is 11.2 Å². The molecule has 1 aromatic heterocycles. The van der Waals surface area contributed by atoms with Crippen LogP contribution in [0.15, 0.2) is 155 Å². The zero-order valence-corrected chi connectivity index (χ0v) is 30.4. The molecule has 0 amide bonds. The molecule has 0 unspecified atom stereocenters. The number of hydrogen-bond donors (Lipinski definition) is 0. The Kier molecular flexibility index (Phi) is 3.51. The Morgan fingerprint density at radius 2 is 0.946 bits per heavy atom. The molecule has 11 aromatic rings. The van der Waals surface area contributed by atoms with Gasteiger partial charge in [0.2, 0.25) is 0 Å². The molecule has 0 spiro atoms. The Balaban J connectivity index is 1.39. The molecule has 0 aliphatic rings. The molecule has 0 aliphatic carbocycles. The van der Waals surface area contributed by atoms with E-state index in [1.165, 1.54) is 27.7 Å². The van der Waals surface area contributed by atoms with Crippen molar-refractivity contribution in [3.63, 3.8) is 0 Å². The van der Waals surface area contributed by atoms with Crippen LogP contribution in [0.5, 0.6) is 0 Å². The first-order chi connectivity index (χ1) is 37.8. The highest BCUT2D eigenvalue weighted by molar-refractivity contribution is 6.26. The topological polar surface area (TPSA) is 13.1 Å². The number of rotatable bonds is 3. The van der Waals surface area contributed by atoms with Gasteiger partial charge in [-0.1, -0.05) is 138 Å². The standard InChI is InChI=1S/C55H40O/c1-31-22-23-45-46(24-31)54(47-29-36-14-7-9-17-40(36)41-18-10-11-19-42(41)47)44-21-13-12-20-43(44)53(45)38-27-33(3)51(34(4)28-38)48-25-32(2)26-49-55(48)52-35(5)39-16-8-6-15-37(39)30-50(52)56-49/h6-30H,1-5H3/i6D,7D,8D,9D,10D,11D,12D,13D,14D,15D,16D,17D,18D,19D,20D,21D,22D,23D,24D,25D,26D,27D,28D,29D,30D. The van der Waals surface area contributed by atoms with Crippen molar-refractivity contribution in [3.05, 3.63) is 179 Å².